The average Bonchev–Trinajstić information content (AvgIpc) is 2.59. The van der Waals surface area contributed by atoms with Gasteiger partial charge >= 0.3 is 5.97 Å². The molecule has 0 aromatic heterocycles. The highest BCUT2D eigenvalue weighted by atomic mass is 16.5. The lowest BCUT2D eigenvalue weighted by molar-refractivity contribution is -0.137. The van der Waals surface area contributed by atoms with Gasteiger partial charge in [0.15, 0.2) is 0 Å². The Balaban J connectivity index is 1.93. The van der Waals surface area contributed by atoms with Gasteiger partial charge in [0.25, 0.3) is 0 Å². The van der Waals surface area contributed by atoms with E-state index in [-0.39, 0.29) is 5.97 Å². The zero-order chi connectivity index (χ0) is 10.7. The zero-order valence-corrected chi connectivity index (χ0v) is 9.50. The van der Waals surface area contributed by atoms with Crippen molar-refractivity contribution in [2.45, 2.75) is 45.4 Å². The monoisotopic (exact) mass is 208 g/mol. The molecule has 2 atom stereocenters. The van der Waals surface area contributed by atoms with Gasteiger partial charge in [0, 0.05) is 6.08 Å². The Morgan fingerprint density at radius 1 is 1.33 bits per heavy atom. The summed E-state index contributed by atoms with van der Waals surface area (Å²) in [4.78, 5) is 11.3. The first kappa shape index (κ1) is 10.7. The van der Waals surface area contributed by atoms with Gasteiger partial charge in [-0.2, -0.15) is 0 Å². The van der Waals surface area contributed by atoms with Gasteiger partial charge in [0.1, 0.15) is 0 Å². The number of allylic oxidation sites excluding steroid dienone is 1. The van der Waals surface area contributed by atoms with Crippen LogP contribution in [0.4, 0.5) is 0 Å². The summed E-state index contributed by atoms with van der Waals surface area (Å²) >= 11 is 0. The number of fused-ring (bicyclic) bond motifs is 1. The van der Waals surface area contributed by atoms with E-state index in [1.54, 1.807) is 6.08 Å². The largest absolute Gasteiger partial charge is 0.463 e. The fourth-order valence-corrected chi connectivity index (χ4v) is 3.05. The first-order valence-electron chi connectivity index (χ1n) is 6.15. The molecule has 0 aromatic rings. The maximum absolute atomic E-state index is 11.3. The van der Waals surface area contributed by atoms with Crippen molar-refractivity contribution in [2.75, 3.05) is 6.61 Å². The highest BCUT2D eigenvalue weighted by molar-refractivity contribution is 5.82. The molecule has 0 amide bonds. The van der Waals surface area contributed by atoms with E-state index in [1.807, 2.05) is 6.92 Å². The Morgan fingerprint density at radius 2 is 1.93 bits per heavy atom. The lowest BCUT2D eigenvalue weighted by Crippen LogP contribution is -2.12. The molecule has 84 valence electrons. The van der Waals surface area contributed by atoms with Crippen LogP contribution in [-0.2, 0) is 9.53 Å². The second kappa shape index (κ2) is 4.82. The van der Waals surface area contributed by atoms with Gasteiger partial charge in [-0.25, -0.2) is 4.79 Å². The molecule has 0 aliphatic heterocycles. The SMILES string of the molecule is CCOC(=O)C=C1C[C@H]2CCCC[C@@H]2C1. The Bertz CT molecular complexity index is 252. The number of rotatable bonds is 2. The van der Waals surface area contributed by atoms with E-state index in [0.29, 0.717) is 6.61 Å². The summed E-state index contributed by atoms with van der Waals surface area (Å²) in [6, 6.07) is 0. The number of hydrogen-bond donors (Lipinski definition) is 0. The standard InChI is InChI=1S/C13H20O2/c1-2-15-13(14)9-10-7-11-5-3-4-6-12(11)8-10/h9,11-12H,2-8H2,1H3/t11-,12-/m1/s1. The number of ether oxygens (including phenoxy) is 1. The minimum Gasteiger partial charge on any atom is -0.463 e. The van der Waals surface area contributed by atoms with Crippen LogP contribution in [-0.4, -0.2) is 12.6 Å². The van der Waals surface area contributed by atoms with Gasteiger partial charge in [0.2, 0.25) is 0 Å². The van der Waals surface area contributed by atoms with Gasteiger partial charge in [-0.3, -0.25) is 0 Å². The molecule has 0 bridgehead atoms. The van der Waals surface area contributed by atoms with Crippen molar-refractivity contribution in [3.8, 4) is 0 Å². The molecule has 0 N–H and O–H groups in total. The first-order chi connectivity index (χ1) is 7.29. The zero-order valence-electron chi connectivity index (χ0n) is 9.50. The molecular weight excluding hydrogens is 188 g/mol. The van der Waals surface area contributed by atoms with Crippen LogP contribution in [0, 0.1) is 11.8 Å². The molecule has 0 aromatic carbocycles. The second-order valence-electron chi connectivity index (χ2n) is 4.77. The molecule has 0 spiro atoms. The summed E-state index contributed by atoms with van der Waals surface area (Å²) in [6.07, 6.45) is 9.52. The third kappa shape index (κ3) is 2.61. The summed E-state index contributed by atoms with van der Waals surface area (Å²) in [7, 11) is 0. The summed E-state index contributed by atoms with van der Waals surface area (Å²) in [5, 5.41) is 0. The molecule has 0 saturated heterocycles. The summed E-state index contributed by atoms with van der Waals surface area (Å²) in [6.45, 7) is 2.33. The minimum atomic E-state index is -0.147. The second-order valence-corrected chi connectivity index (χ2v) is 4.77. The number of esters is 1. The van der Waals surface area contributed by atoms with Crippen LogP contribution in [0.1, 0.15) is 45.4 Å². The van der Waals surface area contributed by atoms with Crippen LogP contribution in [0.25, 0.3) is 0 Å². The molecule has 0 radical (unpaired) electrons. The summed E-state index contributed by atoms with van der Waals surface area (Å²) in [5.41, 5.74) is 1.32. The van der Waals surface area contributed by atoms with Crippen LogP contribution in [0.15, 0.2) is 11.6 Å². The third-order valence-corrected chi connectivity index (χ3v) is 3.72. The minimum absolute atomic E-state index is 0.147. The van der Waals surface area contributed by atoms with Crippen LogP contribution < -0.4 is 0 Å². The van der Waals surface area contributed by atoms with Crippen molar-refractivity contribution in [3.63, 3.8) is 0 Å². The van der Waals surface area contributed by atoms with Gasteiger partial charge in [-0.05, 0) is 44.4 Å². The Morgan fingerprint density at radius 3 is 2.47 bits per heavy atom. The maximum atomic E-state index is 11.3. The van der Waals surface area contributed by atoms with E-state index >= 15 is 0 Å². The highest BCUT2D eigenvalue weighted by Crippen LogP contribution is 2.44. The van der Waals surface area contributed by atoms with Crippen molar-refractivity contribution in [1.29, 1.82) is 0 Å². The van der Waals surface area contributed by atoms with Crippen molar-refractivity contribution < 1.29 is 9.53 Å². The molecule has 2 saturated carbocycles. The van der Waals surface area contributed by atoms with E-state index < -0.39 is 0 Å². The average molecular weight is 208 g/mol. The molecule has 0 heterocycles. The van der Waals surface area contributed by atoms with Crippen molar-refractivity contribution in [3.05, 3.63) is 11.6 Å². The van der Waals surface area contributed by atoms with Crippen LogP contribution in [0.2, 0.25) is 0 Å². The normalized spacial score (nSPS) is 29.8. The molecule has 2 aliphatic rings. The third-order valence-electron chi connectivity index (χ3n) is 3.72. The highest BCUT2D eigenvalue weighted by Gasteiger charge is 2.32. The molecule has 2 heteroatoms. The number of carbonyl (C=O) groups is 1. The smallest absolute Gasteiger partial charge is 0.330 e. The Hall–Kier alpha value is -0.790. The molecule has 2 aliphatic carbocycles. The fraction of sp³-hybridized carbons (Fsp3) is 0.769. The number of carbonyl (C=O) groups excluding carboxylic acids is 1. The van der Waals surface area contributed by atoms with E-state index in [0.717, 1.165) is 24.7 Å². The predicted molar refractivity (Wildman–Crippen MR) is 59.4 cm³/mol. The lowest BCUT2D eigenvalue weighted by atomic mass is 9.82. The first-order valence-corrected chi connectivity index (χ1v) is 6.15. The summed E-state index contributed by atoms with van der Waals surface area (Å²) < 4.78 is 4.94. The topological polar surface area (TPSA) is 26.3 Å². The summed E-state index contributed by atoms with van der Waals surface area (Å²) in [5.74, 6) is 1.57. The van der Waals surface area contributed by atoms with Crippen LogP contribution >= 0.6 is 0 Å². The van der Waals surface area contributed by atoms with Crippen molar-refractivity contribution >= 4 is 5.97 Å². The molecule has 0 unspecified atom stereocenters. The van der Waals surface area contributed by atoms with Crippen LogP contribution in [0.5, 0.6) is 0 Å². The van der Waals surface area contributed by atoms with Gasteiger partial charge in [-0.1, -0.05) is 18.4 Å². The van der Waals surface area contributed by atoms with Crippen LogP contribution in [0.3, 0.4) is 0 Å². The molecular formula is C13H20O2. The number of hydrogen-bond acceptors (Lipinski definition) is 2. The van der Waals surface area contributed by atoms with E-state index in [9.17, 15) is 4.79 Å². The predicted octanol–water partition coefficient (Wildman–Crippen LogP) is 3.08. The van der Waals surface area contributed by atoms with E-state index in [4.69, 9.17) is 4.74 Å². The van der Waals surface area contributed by atoms with Crippen molar-refractivity contribution in [1.82, 2.24) is 0 Å². The Labute approximate surface area is 91.7 Å². The molecule has 15 heavy (non-hydrogen) atoms. The van der Waals surface area contributed by atoms with Gasteiger partial charge in [0.05, 0.1) is 6.61 Å². The quantitative estimate of drug-likeness (QED) is 0.515. The Kier molecular flexibility index (Phi) is 3.45. The molecule has 2 rings (SSSR count). The maximum Gasteiger partial charge on any atom is 0.330 e. The molecule has 2 fully saturated rings. The molecule has 2 nitrogen and oxygen atoms in total. The van der Waals surface area contributed by atoms with E-state index in [2.05, 4.69) is 0 Å². The lowest BCUT2D eigenvalue weighted by Gasteiger charge is -2.23. The van der Waals surface area contributed by atoms with Crippen molar-refractivity contribution in [2.24, 2.45) is 11.8 Å². The van der Waals surface area contributed by atoms with Gasteiger partial charge in [-0.15, -0.1) is 0 Å². The van der Waals surface area contributed by atoms with E-state index in [1.165, 1.54) is 31.3 Å². The fourth-order valence-electron chi connectivity index (χ4n) is 3.05. The van der Waals surface area contributed by atoms with Gasteiger partial charge < -0.3 is 4.74 Å².